The van der Waals surface area contributed by atoms with Gasteiger partial charge in [0.05, 0.1) is 4.88 Å². The smallest absolute Gasteiger partial charge is 0.0775 e. The molecule has 0 atom stereocenters. The van der Waals surface area contributed by atoms with E-state index in [1.165, 1.54) is 4.88 Å². The molecule has 2 aromatic heterocycles. The summed E-state index contributed by atoms with van der Waals surface area (Å²) in [5.41, 5.74) is 1.21. The lowest BCUT2D eigenvalue weighted by molar-refractivity contribution is 0.604. The van der Waals surface area contributed by atoms with Crippen LogP contribution < -0.4 is 0 Å². The SMILES string of the molecule is CC(C)(C)c1ccc(C#Cc2ccncc2)s1. The largest absolute Gasteiger partial charge is 0.265 e. The highest BCUT2D eigenvalue weighted by Crippen LogP contribution is 2.28. The molecular weight excluding hydrogens is 226 g/mol. The van der Waals surface area contributed by atoms with Crippen molar-refractivity contribution in [3.8, 4) is 11.8 Å². The van der Waals surface area contributed by atoms with Crippen LogP contribution in [-0.4, -0.2) is 4.98 Å². The highest BCUT2D eigenvalue weighted by Gasteiger charge is 2.15. The summed E-state index contributed by atoms with van der Waals surface area (Å²) in [7, 11) is 0. The molecule has 86 valence electrons. The van der Waals surface area contributed by atoms with Gasteiger partial charge in [-0.15, -0.1) is 11.3 Å². The van der Waals surface area contributed by atoms with Crippen LogP contribution in [0.25, 0.3) is 0 Å². The van der Waals surface area contributed by atoms with E-state index >= 15 is 0 Å². The number of aromatic nitrogens is 1. The van der Waals surface area contributed by atoms with Crippen molar-refractivity contribution >= 4 is 11.3 Å². The van der Waals surface area contributed by atoms with Crippen LogP contribution in [0.2, 0.25) is 0 Å². The summed E-state index contributed by atoms with van der Waals surface area (Å²) in [6.45, 7) is 6.66. The summed E-state index contributed by atoms with van der Waals surface area (Å²) < 4.78 is 0. The molecule has 2 heterocycles. The van der Waals surface area contributed by atoms with Gasteiger partial charge in [-0.2, -0.15) is 0 Å². The van der Waals surface area contributed by atoms with Crippen molar-refractivity contribution in [2.75, 3.05) is 0 Å². The lowest BCUT2D eigenvalue weighted by Gasteiger charge is -2.14. The topological polar surface area (TPSA) is 12.9 Å². The van der Waals surface area contributed by atoms with Gasteiger partial charge >= 0.3 is 0 Å². The Labute approximate surface area is 107 Å². The summed E-state index contributed by atoms with van der Waals surface area (Å²) in [5.74, 6) is 6.34. The standard InChI is InChI=1S/C15H15NS/c1-15(2,3)14-7-6-13(17-14)5-4-12-8-10-16-11-9-12/h6-11H,1-3H3. The fourth-order valence-electron chi connectivity index (χ4n) is 1.38. The molecule has 17 heavy (non-hydrogen) atoms. The maximum atomic E-state index is 3.97. The van der Waals surface area contributed by atoms with E-state index in [0.29, 0.717) is 0 Å². The van der Waals surface area contributed by atoms with Gasteiger partial charge in [0.2, 0.25) is 0 Å². The Bertz CT molecular complexity index is 550. The molecule has 0 spiro atoms. The van der Waals surface area contributed by atoms with Crippen molar-refractivity contribution in [3.05, 3.63) is 52.0 Å². The number of hydrogen-bond acceptors (Lipinski definition) is 2. The monoisotopic (exact) mass is 241 g/mol. The molecule has 2 heteroatoms. The van der Waals surface area contributed by atoms with Crippen LogP contribution >= 0.6 is 11.3 Å². The zero-order valence-corrected chi connectivity index (χ0v) is 11.1. The van der Waals surface area contributed by atoms with Crippen LogP contribution in [0.4, 0.5) is 0 Å². The molecular formula is C15H15NS. The Balaban J connectivity index is 2.21. The van der Waals surface area contributed by atoms with Gasteiger partial charge in [-0.05, 0) is 29.7 Å². The average molecular weight is 241 g/mol. The molecule has 0 bridgehead atoms. The predicted molar refractivity (Wildman–Crippen MR) is 73.2 cm³/mol. The Kier molecular flexibility index (Phi) is 3.31. The highest BCUT2D eigenvalue weighted by molar-refractivity contribution is 7.12. The van der Waals surface area contributed by atoms with Gasteiger partial charge in [0.1, 0.15) is 0 Å². The second kappa shape index (κ2) is 4.73. The molecule has 0 saturated heterocycles. The van der Waals surface area contributed by atoms with Crippen molar-refractivity contribution in [2.45, 2.75) is 26.2 Å². The normalized spacial score (nSPS) is 10.8. The van der Waals surface area contributed by atoms with Crippen molar-refractivity contribution in [3.63, 3.8) is 0 Å². The minimum atomic E-state index is 0.210. The molecule has 0 N–H and O–H groups in total. The number of pyridine rings is 1. The van der Waals surface area contributed by atoms with Gasteiger partial charge < -0.3 is 0 Å². The summed E-state index contributed by atoms with van der Waals surface area (Å²) >= 11 is 1.77. The molecule has 1 nitrogen and oxygen atoms in total. The lowest BCUT2D eigenvalue weighted by atomic mass is 9.95. The Hall–Kier alpha value is -1.59. The van der Waals surface area contributed by atoms with Crippen LogP contribution in [0.3, 0.4) is 0 Å². The molecule has 2 aromatic rings. The average Bonchev–Trinajstić information content (AvgIpc) is 2.76. The summed E-state index contributed by atoms with van der Waals surface area (Å²) in [6, 6.07) is 8.11. The number of nitrogens with zero attached hydrogens (tertiary/aromatic N) is 1. The second-order valence-electron chi connectivity index (χ2n) is 4.90. The Morgan fingerprint density at radius 1 is 1.00 bits per heavy atom. The summed E-state index contributed by atoms with van der Waals surface area (Å²) in [5, 5.41) is 0. The van der Waals surface area contributed by atoms with E-state index < -0.39 is 0 Å². The molecule has 0 aromatic carbocycles. The third-order valence-electron chi connectivity index (χ3n) is 2.36. The minimum Gasteiger partial charge on any atom is -0.265 e. The Morgan fingerprint density at radius 3 is 2.29 bits per heavy atom. The van der Waals surface area contributed by atoms with E-state index in [9.17, 15) is 0 Å². The molecule has 0 fully saturated rings. The van der Waals surface area contributed by atoms with Crippen molar-refractivity contribution in [2.24, 2.45) is 0 Å². The fourth-order valence-corrected chi connectivity index (χ4v) is 2.29. The molecule has 0 aliphatic heterocycles. The first-order valence-electron chi connectivity index (χ1n) is 5.58. The molecule has 0 aliphatic rings. The first-order valence-corrected chi connectivity index (χ1v) is 6.40. The first-order chi connectivity index (χ1) is 8.05. The van der Waals surface area contributed by atoms with E-state index in [1.54, 1.807) is 23.7 Å². The maximum absolute atomic E-state index is 3.97. The van der Waals surface area contributed by atoms with Gasteiger partial charge in [0.25, 0.3) is 0 Å². The summed E-state index contributed by atoms with van der Waals surface area (Å²) in [4.78, 5) is 6.46. The third kappa shape index (κ3) is 3.18. The van der Waals surface area contributed by atoms with Crippen LogP contribution in [0.5, 0.6) is 0 Å². The fraction of sp³-hybridized carbons (Fsp3) is 0.267. The highest BCUT2D eigenvalue weighted by atomic mass is 32.1. The van der Waals surface area contributed by atoms with E-state index in [4.69, 9.17) is 0 Å². The van der Waals surface area contributed by atoms with Gasteiger partial charge in [-0.25, -0.2) is 0 Å². The van der Waals surface area contributed by atoms with Crippen LogP contribution in [0, 0.1) is 11.8 Å². The quantitative estimate of drug-likeness (QED) is 0.639. The van der Waals surface area contributed by atoms with Gasteiger partial charge in [0, 0.05) is 22.8 Å². The second-order valence-corrected chi connectivity index (χ2v) is 5.98. The molecule has 0 radical (unpaired) electrons. The molecule has 2 rings (SSSR count). The number of rotatable bonds is 0. The van der Waals surface area contributed by atoms with Gasteiger partial charge in [-0.1, -0.05) is 32.6 Å². The van der Waals surface area contributed by atoms with E-state index in [1.807, 2.05) is 12.1 Å². The van der Waals surface area contributed by atoms with Gasteiger partial charge in [-0.3, -0.25) is 4.98 Å². The minimum absolute atomic E-state index is 0.210. The first kappa shape index (κ1) is 11.9. The zero-order chi connectivity index (χ0) is 12.3. The predicted octanol–water partition coefficient (Wildman–Crippen LogP) is 3.84. The lowest BCUT2D eigenvalue weighted by Crippen LogP contribution is -2.07. The third-order valence-corrected chi connectivity index (χ3v) is 3.78. The van der Waals surface area contributed by atoms with Crippen LogP contribution in [-0.2, 0) is 5.41 Å². The maximum Gasteiger partial charge on any atom is 0.0775 e. The van der Waals surface area contributed by atoms with Crippen molar-refractivity contribution in [1.29, 1.82) is 0 Å². The van der Waals surface area contributed by atoms with Gasteiger partial charge in [0.15, 0.2) is 0 Å². The van der Waals surface area contributed by atoms with Crippen molar-refractivity contribution < 1.29 is 0 Å². The van der Waals surface area contributed by atoms with Crippen molar-refractivity contribution in [1.82, 2.24) is 4.98 Å². The molecule has 0 aliphatic carbocycles. The van der Waals surface area contributed by atoms with Crippen LogP contribution in [0.1, 0.15) is 36.1 Å². The van der Waals surface area contributed by atoms with E-state index in [2.05, 4.69) is 49.7 Å². The molecule has 0 amide bonds. The number of thiophene rings is 1. The Morgan fingerprint density at radius 2 is 1.71 bits per heavy atom. The molecule has 0 saturated carbocycles. The molecule has 0 unspecified atom stereocenters. The van der Waals surface area contributed by atoms with Crippen LogP contribution in [0.15, 0.2) is 36.7 Å². The summed E-state index contributed by atoms with van der Waals surface area (Å²) in [6.07, 6.45) is 3.53. The van der Waals surface area contributed by atoms with E-state index in [-0.39, 0.29) is 5.41 Å². The number of hydrogen-bond donors (Lipinski definition) is 0. The zero-order valence-electron chi connectivity index (χ0n) is 10.3. The van der Waals surface area contributed by atoms with E-state index in [0.717, 1.165) is 10.4 Å².